The number of carbonyl (C=O) groups is 2. The zero-order chi connectivity index (χ0) is 15.4. The van der Waals surface area contributed by atoms with Crippen molar-refractivity contribution >= 4 is 11.8 Å². The van der Waals surface area contributed by atoms with Gasteiger partial charge in [-0.05, 0) is 32.9 Å². The maximum atomic E-state index is 12.4. The van der Waals surface area contributed by atoms with Crippen LogP contribution in [-0.2, 0) is 4.79 Å². The minimum absolute atomic E-state index is 0.0237. The zero-order valence-corrected chi connectivity index (χ0v) is 12.8. The molecule has 0 spiro atoms. The number of nitrogens with one attached hydrogen (secondary N) is 2. The summed E-state index contributed by atoms with van der Waals surface area (Å²) in [7, 11) is 0. The molecule has 0 saturated carbocycles. The molecule has 0 bridgehead atoms. The number of amides is 2. The standard InChI is InChI=1S/C16H23N3O2/c1-11-5-4-6-14(9-11)15(20)18-13(3)16(21)19-8-7-17-12(2)10-19/h4-6,9,12-13,17H,7-8,10H2,1-3H3,(H,18,20)/t12-,13?/m1/s1. The van der Waals surface area contributed by atoms with Gasteiger partial charge >= 0.3 is 0 Å². The Morgan fingerprint density at radius 1 is 1.43 bits per heavy atom. The van der Waals surface area contributed by atoms with Crippen molar-refractivity contribution in [2.45, 2.75) is 32.9 Å². The average molecular weight is 289 g/mol. The molecule has 1 saturated heterocycles. The quantitative estimate of drug-likeness (QED) is 0.870. The van der Waals surface area contributed by atoms with E-state index in [1.54, 1.807) is 13.0 Å². The molecule has 2 atom stereocenters. The Hall–Kier alpha value is -1.88. The minimum atomic E-state index is -0.511. The fraction of sp³-hybridized carbons (Fsp3) is 0.500. The van der Waals surface area contributed by atoms with Gasteiger partial charge in [0.15, 0.2) is 0 Å². The summed E-state index contributed by atoms with van der Waals surface area (Å²) in [5.41, 5.74) is 1.61. The van der Waals surface area contributed by atoms with Gasteiger partial charge in [0.1, 0.15) is 6.04 Å². The van der Waals surface area contributed by atoms with Crippen molar-refractivity contribution in [3.05, 3.63) is 35.4 Å². The molecule has 1 aliphatic heterocycles. The van der Waals surface area contributed by atoms with E-state index in [1.807, 2.05) is 30.0 Å². The third-order valence-corrected chi connectivity index (χ3v) is 3.68. The lowest BCUT2D eigenvalue weighted by molar-refractivity contribution is -0.133. The first-order chi connectivity index (χ1) is 9.97. The molecule has 1 fully saturated rings. The van der Waals surface area contributed by atoms with Crippen LogP contribution in [0.25, 0.3) is 0 Å². The first-order valence-corrected chi connectivity index (χ1v) is 7.37. The molecular weight excluding hydrogens is 266 g/mol. The van der Waals surface area contributed by atoms with Crippen molar-refractivity contribution in [3.8, 4) is 0 Å². The van der Waals surface area contributed by atoms with Gasteiger partial charge in [-0.25, -0.2) is 0 Å². The fourth-order valence-corrected chi connectivity index (χ4v) is 2.53. The lowest BCUT2D eigenvalue weighted by Crippen LogP contribution is -2.56. The van der Waals surface area contributed by atoms with Crippen molar-refractivity contribution in [1.29, 1.82) is 0 Å². The van der Waals surface area contributed by atoms with E-state index in [2.05, 4.69) is 17.6 Å². The number of carbonyl (C=O) groups excluding carboxylic acids is 2. The maximum absolute atomic E-state index is 12.4. The van der Waals surface area contributed by atoms with Crippen LogP contribution in [0.1, 0.15) is 29.8 Å². The Kier molecular flexibility index (Phi) is 4.96. The summed E-state index contributed by atoms with van der Waals surface area (Å²) in [6.45, 7) is 7.90. The Balaban J connectivity index is 1.95. The summed E-state index contributed by atoms with van der Waals surface area (Å²) in [5, 5.41) is 6.08. The van der Waals surface area contributed by atoms with Crippen LogP contribution in [0.3, 0.4) is 0 Å². The van der Waals surface area contributed by atoms with Gasteiger partial charge in [0.05, 0.1) is 0 Å². The van der Waals surface area contributed by atoms with Crippen molar-refractivity contribution in [2.75, 3.05) is 19.6 Å². The number of aryl methyl sites for hydroxylation is 1. The van der Waals surface area contributed by atoms with Crippen LogP contribution in [0.4, 0.5) is 0 Å². The molecule has 1 heterocycles. The van der Waals surface area contributed by atoms with Crippen molar-refractivity contribution < 1.29 is 9.59 Å². The summed E-state index contributed by atoms with van der Waals surface area (Å²) in [5.74, 6) is -0.230. The van der Waals surface area contributed by atoms with Gasteiger partial charge in [-0.15, -0.1) is 0 Å². The number of hydrogen-bond donors (Lipinski definition) is 2. The maximum Gasteiger partial charge on any atom is 0.251 e. The van der Waals surface area contributed by atoms with Gasteiger partial charge in [0.2, 0.25) is 5.91 Å². The van der Waals surface area contributed by atoms with Gasteiger partial charge in [-0.2, -0.15) is 0 Å². The predicted molar refractivity (Wildman–Crippen MR) is 82.2 cm³/mol. The lowest BCUT2D eigenvalue weighted by Gasteiger charge is -2.33. The van der Waals surface area contributed by atoms with Gasteiger partial charge in [0.25, 0.3) is 5.91 Å². The summed E-state index contributed by atoms with van der Waals surface area (Å²) in [6.07, 6.45) is 0. The molecule has 0 radical (unpaired) electrons. The molecule has 1 unspecified atom stereocenters. The summed E-state index contributed by atoms with van der Waals surface area (Å²) < 4.78 is 0. The van der Waals surface area contributed by atoms with Gasteiger partial charge in [-0.3, -0.25) is 9.59 Å². The minimum Gasteiger partial charge on any atom is -0.341 e. The largest absolute Gasteiger partial charge is 0.341 e. The van der Waals surface area contributed by atoms with Crippen LogP contribution >= 0.6 is 0 Å². The van der Waals surface area contributed by atoms with Crippen LogP contribution in [0, 0.1) is 6.92 Å². The van der Waals surface area contributed by atoms with E-state index in [0.717, 1.165) is 12.1 Å². The summed E-state index contributed by atoms with van der Waals surface area (Å²) in [6, 6.07) is 7.14. The molecule has 2 rings (SSSR count). The highest BCUT2D eigenvalue weighted by Crippen LogP contribution is 2.06. The van der Waals surface area contributed by atoms with E-state index in [1.165, 1.54) is 0 Å². The Morgan fingerprint density at radius 3 is 2.86 bits per heavy atom. The third kappa shape index (κ3) is 4.04. The van der Waals surface area contributed by atoms with Gasteiger partial charge in [-0.1, -0.05) is 17.7 Å². The number of piperazine rings is 1. The summed E-state index contributed by atoms with van der Waals surface area (Å²) in [4.78, 5) is 26.3. The lowest BCUT2D eigenvalue weighted by atomic mass is 10.1. The third-order valence-electron chi connectivity index (χ3n) is 3.68. The monoisotopic (exact) mass is 289 g/mol. The number of nitrogens with zero attached hydrogens (tertiary/aromatic N) is 1. The number of rotatable bonds is 3. The second kappa shape index (κ2) is 6.72. The molecule has 0 aromatic heterocycles. The molecule has 2 N–H and O–H groups in total. The molecule has 5 nitrogen and oxygen atoms in total. The molecule has 5 heteroatoms. The van der Waals surface area contributed by atoms with Crippen molar-refractivity contribution in [1.82, 2.24) is 15.5 Å². The van der Waals surface area contributed by atoms with Crippen LogP contribution in [0.5, 0.6) is 0 Å². The van der Waals surface area contributed by atoms with Crippen LogP contribution < -0.4 is 10.6 Å². The van der Waals surface area contributed by atoms with Crippen LogP contribution in [-0.4, -0.2) is 48.4 Å². The highest BCUT2D eigenvalue weighted by Gasteiger charge is 2.25. The average Bonchev–Trinajstić information content (AvgIpc) is 2.46. The predicted octanol–water partition coefficient (Wildman–Crippen LogP) is 0.934. The van der Waals surface area contributed by atoms with Crippen LogP contribution in [0.2, 0.25) is 0 Å². The molecule has 1 aliphatic rings. The Labute approximate surface area is 125 Å². The first-order valence-electron chi connectivity index (χ1n) is 7.37. The second-order valence-corrected chi connectivity index (χ2v) is 5.70. The first kappa shape index (κ1) is 15.5. The highest BCUT2D eigenvalue weighted by molar-refractivity contribution is 5.97. The molecule has 114 valence electrons. The second-order valence-electron chi connectivity index (χ2n) is 5.70. The molecule has 2 amide bonds. The topological polar surface area (TPSA) is 61.4 Å². The van der Waals surface area contributed by atoms with Crippen molar-refractivity contribution in [2.24, 2.45) is 0 Å². The molecule has 21 heavy (non-hydrogen) atoms. The van der Waals surface area contributed by atoms with Crippen molar-refractivity contribution in [3.63, 3.8) is 0 Å². The van der Waals surface area contributed by atoms with Gasteiger partial charge < -0.3 is 15.5 Å². The molecule has 0 aliphatic carbocycles. The zero-order valence-electron chi connectivity index (χ0n) is 12.8. The highest BCUT2D eigenvalue weighted by atomic mass is 16.2. The van der Waals surface area contributed by atoms with E-state index in [-0.39, 0.29) is 11.8 Å². The van der Waals surface area contributed by atoms with E-state index in [4.69, 9.17) is 0 Å². The molecular formula is C16H23N3O2. The normalized spacial score (nSPS) is 20.0. The van der Waals surface area contributed by atoms with E-state index in [9.17, 15) is 9.59 Å². The van der Waals surface area contributed by atoms with E-state index >= 15 is 0 Å². The number of hydrogen-bond acceptors (Lipinski definition) is 3. The SMILES string of the molecule is Cc1cccc(C(=O)NC(C)C(=O)N2CCN[C@H](C)C2)c1. The number of benzene rings is 1. The Bertz CT molecular complexity index is 530. The van der Waals surface area contributed by atoms with E-state index < -0.39 is 6.04 Å². The molecule has 1 aromatic rings. The Morgan fingerprint density at radius 2 is 2.19 bits per heavy atom. The van der Waals surface area contributed by atoms with Gasteiger partial charge in [0, 0.05) is 31.2 Å². The smallest absolute Gasteiger partial charge is 0.251 e. The fourth-order valence-electron chi connectivity index (χ4n) is 2.53. The molecule has 1 aromatic carbocycles. The van der Waals surface area contributed by atoms with E-state index in [0.29, 0.717) is 24.7 Å². The van der Waals surface area contributed by atoms with Crippen LogP contribution in [0.15, 0.2) is 24.3 Å². The summed E-state index contributed by atoms with van der Waals surface area (Å²) >= 11 is 0.